The van der Waals surface area contributed by atoms with Crippen LogP contribution < -0.4 is 0 Å². The maximum absolute atomic E-state index is 2.38. The SMILES string of the molecule is CCCC(CC)(CC)CC(CC)CC. The van der Waals surface area contributed by atoms with Crippen LogP contribution in [-0.2, 0) is 0 Å². The van der Waals surface area contributed by atoms with E-state index in [1.54, 1.807) is 0 Å². The second-order valence-corrected chi connectivity index (χ2v) is 4.84. The fourth-order valence-electron chi connectivity index (χ4n) is 2.71. The Labute approximate surface area is 91.5 Å². The van der Waals surface area contributed by atoms with E-state index >= 15 is 0 Å². The van der Waals surface area contributed by atoms with Gasteiger partial charge in [0, 0.05) is 0 Å². The zero-order chi connectivity index (χ0) is 11.0. The molecule has 0 saturated heterocycles. The first-order valence-electron chi connectivity index (χ1n) is 6.67. The summed E-state index contributed by atoms with van der Waals surface area (Å²) in [5, 5.41) is 0. The van der Waals surface area contributed by atoms with E-state index in [1.807, 2.05) is 0 Å². The van der Waals surface area contributed by atoms with Gasteiger partial charge in [-0.05, 0) is 24.2 Å². The van der Waals surface area contributed by atoms with Gasteiger partial charge in [0.05, 0.1) is 0 Å². The van der Waals surface area contributed by atoms with Crippen LogP contribution in [-0.4, -0.2) is 0 Å². The van der Waals surface area contributed by atoms with Crippen molar-refractivity contribution in [3.8, 4) is 0 Å². The molecule has 0 heterocycles. The summed E-state index contributed by atoms with van der Waals surface area (Å²) in [6, 6.07) is 0. The van der Waals surface area contributed by atoms with Gasteiger partial charge in [0.1, 0.15) is 0 Å². The molecule has 0 rings (SSSR count). The molecule has 0 aromatic rings. The zero-order valence-corrected chi connectivity index (χ0v) is 11.0. The summed E-state index contributed by atoms with van der Waals surface area (Å²) in [6.07, 6.45) is 9.70. The van der Waals surface area contributed by atoms with Crippen molar-refractivity contribution < 1.29 is 0 Å². The van der Waals surface area contributed by atoms with Crippen molar-refractivity contribution in [1.82, 2.24) is 0 Å². The van der Waals surface area contributed by atoms with Crippen molar-refractivity contribution >= 4 is 0 Å². The molecule has 0 aliphatic carbocycles. The smallest absolute Gasteiger partial charge is 0.0300 e. The Kier molecular flexibility index (Phi) is 7.31. The normalized spacial score (nSPS) is 12.4. The van der Waals surface area contributed by atoms with Crippen molar-refractivity contribution in [3.63, 3.8) is 0 Å². The average Bonchev–Trinajstić information content (AvgIpc) is 2.24. The molecule has 0 atom stereocenters. The van der Waals surface area contributed by atoms with Crippen molar-refractivity contribution in [2.24, 2.45) is 11.3 Å². The molecular weight excluding hydrogens is 168 g/mol. The monoisotopic (exact) mass is 198 g/mol. The summed E-state index contributed by atoms with van der Waals surface area (Å²) >= 11 is 0. The number of rotatable bonds is 8. The summed E-state index contributed by atoms with van der Waals surface area (Å²) in [7, 11) is 0. The van der Waals surface area contributed by atoms with E-state index < -0.39 is 0 Å². The van der Waals surface area contributed by atoms with E-state index in [2.05, 4.69) is 34.6 Å². The molecule has 0 unspecified atom stereocenters. The van der Waals surface area contributed by atoms with Crippen LogP contribution in [0, 0.1) is 11.3 Å². The Morgan fingerprint density at radius 3 is 1.64 bits per heavy atom. The van der Waals surface area contributed by atoms with Crippen LogP contribution in [0.5, 0.6) is 0 Å². The third-order valence-electron chi connectivity index (χ3n) is 4.16. The molecule has 0 nitrogen and oxygen atoms in total. The molecule has 0 aliphatic rings. The third kappa shape index (κ3) is 4.02. The highest BCUT2D eigenvalue weighted by Gasteiger charge is 2.27. The number of hydrogen-bond donors (Lipinski definition) is 0. The standard InChI is InChI=1S/C14H30/c1-6-11-14(9-4,10-5)12-13(7-2)8-3/h13H,6-12H2,1-5H3. The van der Waals surface area contributed by atoms with Gasteiger partial charge in [-0.1, -0.05) is 66.7 Å². The lowest BCUT2D eigenvalue weighted by Gasteiger charge is -2.35. The Morgan fingerprint density at radius 2 is 1.36 bits per heavy atom. The molecule has 14 heavy (non-hydrogen) atoms. The van der Waals surface area contributed by atoms with E-state index in [1.165, 1.54) is 44.9 Å². The van der Waals surface area contributed by atoms with Crippen LogP contribution in [0.1, 0.15) is 79.6 Å². The summed E-state index contributed by atoms with van der Waals surface area (Å²) in [4.78, 5) is 0. The van der Waals surface area contributed by atoms with Gasteiger partial charge in [0.15, 0.2) is 0 Å². The van der Waals surface area contributed by atoms with Gasteiger partial charge in [-0.3, -0.25) is 0 Å². The molecule has 0 amide bonds. The Bertz CT molecular complexity index is 118. The highest BCUT2D eigenvalue weighted by molar-refractivity contribution is 4.78. The largest absolute Gasteiger partial charge is 0.0654 e. The van der Waals surface area contributed by atoms with Crippen LogP contribution in [0.2, 0.25) is 0 Å². The summed E-state index contributed by atoms with van der Waals surface area (Å²) < 4.78 is 0. The molecule has 0 aromatic heterocycles. The minimum Gasteiger partial charge on any atom is -0.0654 e. The molecule has 0 aromatic carbocycles. The van der Waals surface area contributed by atoms with Crippen molar-refractivity contribution in [3.05, 3.63) is 0 Å². The quantitative estimate of drug-likeness (QED) is 0.488. The Morgan fingerprint density at radius 1 is 0.857 bits per heavy atom. The predicted octanol–water partition coefficient (Wildman–Crippen LogP) is 5.42. The molecule has 0 heteroatoms. The van der Waals surface area contributed by atoms with E-state index in [4.69, 9.17) is 0 Å². The number of hydrogen-bond acceptors (Lipinski definition) is 0. The molecule has 0 fully saturated rings. The minimum absolute atomic E-state index is 0.658. The Hall–Kier alpha value is 0. The highest BCUT2D eigenvalue weighted by atomic mass is 14.3. The Balaban J connectivity index is 4.31. The lowest BCUT2D eigenvalue weighted by atomic mass is 9.71. The van der Waals surface area contributed by atoms with E-state index in [0.29, 0.717) is 5.41 Å². The maximum Gasteiger partial charge on any atom is -0.0300 e. The lowest BCUT2D eigenvalue weighted by molar-refractivity contribution is 0.170. The summed E-state index contributed by atoms with van der Waals surface area (Å²) in [5.74, 6) is 0.960. The third-order valence-corrected chi connectivity index (χ3v) is 4.16. The minimum atomic E-state index is 0.658. The van der Waals surface area contributed by atoms with Gasteiger partial charge >= 0.3 is 0 Å². The molecule has 86 valence electrons. The molecule has 0 N–H and O–H groups in total. The van der Waals surface area contributed by atoms with Crippen molar-refractivity contribution in [2.75, 3.05) is 0 Å². The molecule has 0 bridgehead atoms. The van der Waals surface area contributed by atoms with Gasteiger partial charge in [-0.25, -0.2) is 0 Å². The first kappa shape index (κ1) is 14.0. The van der Waals surface area contributed by atoms with Crippen LogP contribution in [0.4, 0.5) is 0 Å². The van der Waals surface area contributed by atoms with Crippen LogP contribution >= 0.6 is 0 Å². The maximum atomic E-state index is 2.38. The fourth-order valence-corrected chi connectivity index (χ4v) is 2.71. The molecular formula is C14H30. The van der Waals surface area contributed by atoms with Gasteiger partial charge in [0.25, 0.3) is 0 Å². The summed E-state index contributed by atoms with van der Waals surface area (Å²) in [6.45, 7) is 11.8. The van der Waals surface area contributed by atoms with Gasteiger partial charge < -0.3 is 0 Å². The zero-order valence-electron chi connectivity index (χ0n) is 11.0. The first-order valence-corrected chi connectivity index (χ1v) is 6.67. The fraction of sp³-hybridized carbons (Fsp3) is 1.00. The van der Waals surface area contributed by atoms with Crippen LogP contribution in [0.15, 0.2) is 0 Å². The molecule has 0 aliphatic heterocycles. The summed E-state index contributed by atoms with van der Waals surface area (Å²) in [5.41, 5.74) is 0.658. The second kappa shape index (κ2) is 7.31. The topological polar surface area (TPSA) is 0 Å². The van der Waals surface area contributed by atoms with Gasteiger partial charge in [-0.15, -0.1) is 0 Å². The van der Waals surface area contributed by atoms with Crippen LogP contribution in [0.25, 0.3) is 0 Å². The lowest BCUT2D eigenvalue weighted by Crippen LogP contribution is -2.22. The molecule has 0 spiro atoms. The molecule has 0 saturated carbocycles. The van der Waals surface area contributed by atoms with E-state index in [-0.39, 0.29) is 0 Å². The van der Waals surface area contributed by atoms with Gasteiger partial charge in [-0.2, -0.15) is 0 Å². The van der Waals surface area contributed by atoms with Crippen molar-refractivity contribution in [1.29, 1.82) is 0 Å². The predicted molar refractivity (Wildman–Crippen MR) is 66.6 cm³/mol. The molecule has 0 radical (unpaired) electrons. The highest BCUT2D eigenvalue weighted by Crippen LogP contribution is 2.40. The first-order chi connectivity index (χ1) is 6.67. The van der Waals surface area contributed by atoms with E-state index in [9.17, 15) is 0 Å². The second-order valence-electron chi connectivity index (χ2n) is 4.84. The van der Waals surface area contributed by atoms with Crippen molar-refractivity contribution in [2.45, 2.75) is 79.6 Å². The van der Waals surface area contributed by atoms with Gasteiger partial charge in [0.2, 0.25) is 0 Å². The van der Waals surface area contributed by atoms with Crippen LogP contribution in [0.3, 0.4) is 0 Å². The average molecular weight is 198 g/mol. The van der Waals surface area contributed by atoms with E-state index in [0.717, 1.165) is 5.92 Å².